The molecule has 2 atom stereocenters. The summed E-state index contributed by atoms with van der Waals surface area (Å²) in [7, 11) is 0. The van der Waals surface area contributed by atoms with Crippen LogP contribution < -0.4 is 5.43 Å². The van der Waals surface area contributed by atoms with Gasteiger partial charge in [-0.3, -0.25) is 0 Å². The van der Waals surface area contributed by atoms with E-state index in [0.717, 1.165) is 50.2 Å². The summed E-state index contributed by atoms with van der Waals surface area (Å²) in [6.07, 6.45) is 1.06. The lowest BCUT2D eigenvalue weighted by atomic mass is 9.94. The molecular formula is C26H30F5N7. The lowest BCUT2D eigenvalue weighted by molar-refractivity contribution is -0.139. The van der Waals surface area contributed by atoms with Gasteiger partial charge in [0, 0.05) is 43.2 Å². The van der Waals surface area contributed by atoms with E-state index >= 15 is 4.39 Å². The Morgan fingerprint density at radius 1 is 1.13 bits per heavy atom. The monoisotopic (exact) mass is 535 g/mol. The van der Waals surface area contributed by atoms with Gasteiger partial charge in [-0.1, -0.05) is 6.92 Å². The molecule has 1 aromatic carbocycles. The van der Waals surface area contributed by atoms with Crippen molar-refractivity contribution in [3.05, 3.63) is 59.7 Å². The Balaban J connectivity index is 1.38. The first kappa shape index (κ1) is 26.5. The summed E-state index contributed by atoms with van der Waals surface area (Å²) >= 11 is 0. The zero-order chi connectivity index (χ0) is 26.9. The van der Waals surface area contributed by atoms with Gasteiger partial charge < -0.3 is 14.9 Å². The van der Waals surface area contributed by atoms with Crippen LogP contribution in [0.5, 0.6) is 0 Å². The number of hydrazine groups is 1. The normalized spacial score (nSPS) is 20.9. The third kappa shape index (κ3) is 5.65. The Labute approximate surface area is 217 Å². The van der Waals surface area contributed by atoms with E-state index in [1.165, 1.54) is 12.4 Å². The molecule has 2 aromatic heterocycles. The number of anilines is 1. The third-order valence-electron chi connectivity index (χ3n) is 7.29. The fraction of sp³-hybridized carbons (Fsp3) is 0.500. The van der Waals surface area contributed by atoms with Crippen molar-refractivity contribution in [2.75, 3.05) is 38.1 Å². The van der Waals surface area contributed by atoms with Crippen LogP contribution in [0.25, 0.3) is 11.3 Å². The average molecular weight is 536 g/mol. The molecule has 0 radical (unpaired) electrons. The van der Waals surface area contributed by atoms with Crippen LogP contribution in [0.1, 0.15) is 42.6 Å². The first-order chi connectivity index (χ1) is 18.2. The van der Waals surface area contributed by atoms with E-state index in [-0.39, 0.29) is 17.8 Å². The van der Waals surface area contributed by atoms with Gasteiger partial charge in [-0.15, -0.1) is 0 Å². The van der Waals surface area contributed by atoms with Crippen molar-refractivity contribution in [1.82, 2.24) is 29.4 Å². The molecule has 7 nitrogen and oxygen atoms in total. The molecule has 0 spiro atoms. The van der Waals surface area contributed by atoms with E-state index in [4.69, 9.17) is 0 Å². The van der Waals surface area contributed by atoms with Gasteiger partial charge in [0.1, 0.15) is 30.0 Å². The summed E-state index contributed by atoms with van der Waals surface area (Å²) in [4.78, 5) is 15.2. The fourth-order valence-corrected chi connectivity index (χ4v) is 4.97. The summed E-state index contributed by atoms with van der Waals surface area (Å²) in [5.41, 5.74) is 3.20. The number of piperidine rings is 1. The molecule has 3 aromatic rings. The molecule has 0 aliphatic carbocycles. The quantitative estimate of drug-likeness (QED) is 0.414. The Bertz CT molecular complexity index is 1260. The summed E-state index contributed by atoms with van der Waals surface area (Å²) in [5.74, 6) is -0.723. The van der Waals surface area contributed by atoms with Gasteiger partial charge in [0.25, 0.3) is 0 Å². The summed E-state index contributed by atoms with van der Waals surface area (Å²) < 4.78 is 71.4. The zero-order valence-corrected chi connectivity index (χ0v) is 21.1. The van der Waals surface area contributed by atoms with Crippen LogP contribution in [0.3, 0.4) is 0 Å². The SMILES string of the molecule is CCc1cncnc1NN1CCC(c2nc(-c3ccc(F)c(C(F)(F)F)c3)cn2CCN2CCC2)[C@H](F)C1. The lowest BCUT2D eigenvalue weighted by Gasteiger charge is -2.35. The molecule has 38 heavy (non-hydrogen) atoms. The van der Waals surface area contributed by atoms with Gasteiger partial charge in [-0.05, 0) is 50.6 Å². The molecule has 12 heteroatoms. The largest absolute Gasteiger partial charge is 0.419 e. The molecule has 4 heterocycles. The molecule has 0 amide bonds. The van der Waals surface area contributed by atoms with E-state index in [1.807, 2.05) is 11.5 Å². The van der Waals surface area contributed by atoms with E-state index in [1.54, 1.807) is 17.4 Å². The van der Waals surface area contributed by atoms with Crippen molar-refractivity contribution in [1.29, 1.82) is 0 Å². The van der Waals surface area contributed by atoms with Crippen molar-refractivity contribution in [3.8, 4) is 11.3 Å². The van der Waals surface area contributed by atoms with E-state index < -0.39 is 29.6 Å². The molecule has 1 N–H and O–H groups in total. The molecule has 2 aliphatic heterocycles. The summed E-state index contributed by atoms with van der Waals surface area (Å²) in [5, 5.41) is 1.78. The number of nitrogens with zero attached hydrogens (tertiary/aromatic N) is 6. The van der Waals surface area contributed by atoms with Gasteiger partial charge in [-0.25, -0.2) is 28.7 Å². The van der Waals surface area contributed by atoms with Crippen LogP contribution in [0.15, 0.2) is 36.9 Å². The predicted molar refractivity (Wildman–Crippen MR) is 133 cm³/mol. The average Bonchev–Trinajstić information content (AvgIpc) is 3.27. The predicted octanol–water partition coefficient (Wildman–Crippen LogP) is 4.92. The number of aryl methyl sites for hydroxylation is 1. The number of hydrogen-bond acceptors (Lipinski definition) is 6. The Morgan fingerprint density at radius 2 is 1.95 bits per heavy atom. The lowest BCUT2D eigenvalue weighted by Crippen LogP contribution is -2.45. The second kappa shape index (κ2) is 10.9. The highest BCUT2D eigenvalue weighted by atomic mass is 19.4. The number of imidazole rings is 1. The van der Waals surface area contributed by atoms with Crippen molar-refractivity contribution in [3.63, 3.8) is 0 Å². The van der Waals surface area contributed by atoms with Crippen LogP contribution in [-0.4, -0.2) is 68.3 Å². The van der Waals surface area contributed by atoms with Crippen molar-refractivity contribution in [2.24, 2.45) is 0 Å². The minimum absolute atomic E-state index is 0.0981. The first-order valence-corrected chi connectivity index (χ1v) is 12.8. The van der Waals surface area contributed by atoms with E-state index in [0.29, 0.717) is 31.2 Å². The number of nitrogens with one attached hydrogen (secondary N) is 1. The van der Waals surface area contributed by atoms with E-state index in [2.05, 4.69) is 25.3 Å². The topological polar surface area (TPSA) is 62.1 Å². The number of rotatable bonds is 8. The smallest absolute Gasteiger partial charge is 0.333 e. The number of alkyl halides is 4. The molecule has 2 fully saturated rings. The zero-order valence-electron chi connectivity index (χ0n) is 21.1. The van der Waals surface area contributed by atoms with Gasteiger partial charge in [-0.2, -0.15) is 13.2 Å². The Morgan fingerprint density at radius 3 is 2.63 bits per heavy atom. The number of likely N-dealkylation sites (tertiary alicyclic amines) is 1. The van der Waals surface area contributed by atoms with Crippen LogP contribution in [-0.2, 0) is 19.1 Å². The van der Waals surface area contributed by atoms with Crippen molar-refractivity contribution >= 4 is 5.82 Å². The van der Waals surface area contributed by atoms with E-state index in [9.17, 15) is 17.6 Å². The molecule has 0 saturated carbocycles. The maximum absolute atomic E-state index is 15.6. The maximum Gasteiger partial charge on any atom is 0.419 e. The Kier molecular flexibility index (Phi) is 7.62. The van der Waals surface area contributed by atoms with Gasteiger partial charge in [0.05, 0.1) is 23.7 Å². The third-order valence-corrected chi connectivity index (χ3v) is 7.29. The van der Waals surface area contributed by atoms with Crippen LogP contribution in [0.4, 0.5) is 27.8 Å². The van der Waals surface area contributed by atoms with Crippen LogP contribution >= 0.6 is 0 Å². The minimum Gasteiger partial charge on any atom is -0.333 e. The van der Waals surface area contributed by atoms with Gasteiger partial charge in [0.15, 0.2) is 0 Å². The molecule has 204 valence electrons. The van der Waals surface area contributed by atoms with Crippen LogP contribution in [0, 0.1) is 5.82 Å². The molecule has 5 rings (SSSR count). The molecule has 2 aliphatic rings. The van der Waals surface area contributed by atoms with Crippen LogP contribution in [0.2, 0.25) is 0 Å². The maximum atomic E-state index is 15.6. The van der Waals surface area contributed by atoms with Crippen molar-refractivity contribution < 1.29 is 22.0 Å². The summed E-state index contributed by atoms with van der Waals surface area (Å²) in [6, 6.07) is 2.85. The summed E-state index contributed by atoms with van der Waals surface area (Å²) in [6.45, 7) is 5.88. The van der Waals surface area contributed by atoms with Gasteiger partial charge in [0.2, 0.25) is 0 Å². The highest BCUT2D eigenvalue weighted by Gasteiger charge is 2.36. The molecule has 1 unspecified atom stereocenters. The minimum atomic E-state index is -4.83. The standard InChI is InChI=1S/C26H30F5N7/c1-2-17-13-32-16-33-24(17)35-38-9-6-19(22(28)14-38)25-34-23(15-37(25)11-10-36-7-3-8-36)18-4-5-21(27)20(12-18)26(29,30)31/h4-5,12-13,15-16,19,22H,2-3,6-11,14H2,1H3,(H,32,33,35)/t19?,22-/m1/s1. The second-order valence-electron chi connectivity index (χ2n) is 9.78. The fourth-order valence-electron chi connectivity index (χ4n) is 4.97. The van der Waals surface area contributed by atoms with Crippen molar-refractivity contribution in [2.45, 2.75) is 51.0 Å². The molecular weight excluding hydrogens is 505 g/mol. The number of hydrogen-bond donors (Lipinski definition) is 1. The Hall–Kier alpha value is -3.12. The highest BCUT2D eigenvalue weighted by Crippen LogP contribution is 2.36. The number of aromatic nitrogens is 4. The first-order valence-electron chi connectivity index (χ1n) is 12.8. The molecule has 0 bridgehead atoms. The number of halogens is 5. The van der Waals surface area contributed by atoms with Gasteiger partial charge >= 0.3 is 6.18 Å². The highest BCUT2D eigenvalue weighted by molar-refractivity contribution is 5.60. The molecule has 2 saturated heterocycles. The second-order valence-corrected chi connectivity index (χ2v) is 9.78. The number of benzene rings is 1.